The minimum Gasteiger partial charge on any atom is -0.106 e. The third kappa shape index (κ3) is 3.03. The van der Waals surface area contributed by atoms with Crippen LogP contribution in [0.1, 0.15) is 0 Å². The third-order valence-corrected chi connectivity index (χ3v) is 2.46. The number of rotatable bonds is 1. The van der Waals surface area contributed by atoms with Crippen molar-refractivity contribution in [3.63, 3.8) is 0 Å². The van der Waals surface area contributed by atoms with Gasteiger partial charge in [0.25, 0.3) is 0 Å². The van der Waals surface area contributed by atoms with E-state index in [9.17, 15) is 0 Å². The van der Waals surface area contributed by atoms with E-state index in [1.165, 1.54) is 7.89 Å². The van der Waals surface area contributed by atoms with Gasteiger partial charge in [-0.1, -0.05) is 14.2 Å². The van der Waals surface area contributed by atoms with E-state index in [4.69, 9.17) is 0 Å². The number of hydrogen-bond donors (Lipinski definition) is 0. The summed E-state index contributed by atoms with van der Waals surface area (Å²) in [6, 6.07) is 0. The topological polar surface area (TPSA) is 0 Å². The molecule has 0 saturated heterocycles. The van der Waals surface area contributed by atoms with Gasteiger partial charge in [0.1, 0.15) is 0 Å². The molecule has 0 aromatic heterocycles. The summed E-state index contributed by atoms with van der Waals surface area (Å²) in [5, 5.41) is 0. The molecule has 0 amide bonds. The molecule has 0 nitrogen and oxygen atoms in total. The molecule has 0 fully saturated rings. The van der Waals surface area contributed by atoms with Crippen LogP contribution in [0, 0.1) is 0 Å². The number of hydrogen-bond acceptors (Lipinski definition) is 0. The lowest BCUT2D eigenvalue weighted by molar-refractivity contribution is 4.70. The van der Waals surface area contributed by atoms with Crippen molar-refractivity contribution in [1.29, 1.82) is 0 Å². The zero-order valence-electron chi connectivity index (χ0n) is 2.23. The normalized spacial score (nSPS) is 11.2. The van der Waals surface area contributed by atoms with Crippen molar-refractivity contribution < 1.29 is 0 Å². The van der Waals surface area contributed by atoms with Gasteiger partial charge in [-0.05, 0) is 7.96 Å². The molecule has 0 aliphatic rings. The molecule has 24 valence electrons. The Labute approximate surface area is 31.9 Å². The monoisotopic (exact) mass is 110 g/mol. The van der Waals surface area contributed by atoms with Crippen molar-refractivity contribution in [3.8, 4) is 0 Å². The molecule has 0 bridgehead atoms. The van der Waals surface area contributed by atoms with Crippen LogP contribution in [0.4, 0.5) is 0 Å². The third-order valence-electron chi connectivity index (χ3n) is 0.0913. The predicted octanol–water partition coefficient (Wildman–Crippen LogP) is 1.75. The van der Waals surface area contributed by atoms with Gasteiger partial charge in [0.05, 0.1) is 0 Å². The van der Waals surface area contributed by atoms with Crippen molar-refractivity contribution >= 4 is 31.1 Å². The molecule has 3 heteroatoms. The standard InChI is InChI=1S/CH5P3/c1-3-4-2/h4H,1-2H2. The zero-order chi connectivity index (χ0) is 3.41. The maximum absolute atomic E-state index is 3.57. The molecular formula is CH5P3. The van der Waals surface area contributed by atoms with Gasteiger partial charge in [-0.25, -0.2) is 0 Å². The minimum absolute atomic E-state index is 0.918. The fraction of sp³-hybridized carbons (Fsp3) is 0. The smallest absolute Gasteiger partial charge is 0.0494 e. The molecule has 0 aromatic carbocycles. The summed E-state index contributed by atoms with van der Waals surface area (Å²) in [6.07, 6.45) is 3.57. The summed E-state index contributed by atoms with van der Waals surface area (Å²) in [5.74, 6) is 0. The molecule has 0 spiro atoms. The van der Waals surface area contributed by atoms with E-state index in [1.54, 1.807) is 0 Å². The lowest BCUT2D eigenvalue weighted by Gasteiger charge is -1.58. The van der Waals surface area contributed by atoms with Crippen LogP contribution in [0.5, 0.6) is 0 Å². The summed E-state index contributed by atoms with van der Waals surface area (Å²) < 4.78 is 0. The highest BCUT2D eigenvalue weighted by Gasteiger charge is 1.44. The molecule has 4 heavy (non-hydrogen) atoms. The summed E-state index contributed by atoms with van der Waals surface area (Å²) in [5.41, 5.74) is 0. The average Bonchev–Trinajstić information content (AvgIpc) is 1.37. The molecule has 2 atom stereocenters. The van der Waals surface area contributed by atoms with E-state index in [1.807, 2.05) is 0 Å². The molecule has 0 aliphatic heterocycles. The highest BCUT2D eigenvalue weighted by Crippen LogP contribution is 2.33. The Hall–Kier alpha value is 1.03. The van der Waals surface area contributed by atoms with Gasteiger partial charge < -0.3 is 0 Å². The second-order valence-electron chi connectivity index (χ2n) is 0.287. The van der Waals surface area contributed by atoms with Gasteiger partial charge in [-0.3, -0.25) is 0 Å². The molecule has 2 unspecified atom stereocenters. The maximum atomic E-state index is 3.57. The van der Waals surface area contributed by atoms with E-state index in [-0.39, 0.29) is 0 Å². The SMILES string of the molecule is C=PPP. The summed E-state index contributed by atoms with van der Waals surface area (Å²) >= 11 is 0. The first-order valence-corrected chi connectivity index (χ1v) is 5.56. The summed E-state index contributed by atoms with van der Waals surface area (Å²) in [7, 11) is 4.77. The second kappa shape index (κ2) is 4.03. The first-order chi connectivity index (χ1) is 1.91. The maximum Gasteiger partial charge on any atom is -0.0494 e. The van der Waals surface area contributed by atoms with E-state index in [2.05, 4.69) is 15.2 Å². The summed E-state index contributed by atoms with van der Waals surface area (Å²) in [4.78, 5) is 0. The molecule has 0 heterocycles. The van der Waals surface area contributed by atoms with Crippen molar-refractivity contribution in [2.45, 2.75) is 0 Å². The quantitative estimate of drug-likeness (QED) is 0.451. The van der Waals surface area contributed by atoms with E-state index < -0.39 is 0 Å². The van der Waals surface area contributed by atoms with Crippen LogP contribution < -0.4 is 0 Å². The molecule has 0 aliphatic carbocycles. The highest BCUT2D eigenvalue weighted by molar-refractivity contribution is 8.37. The van der Waals surface area contributed by atoms with Crippen molar-refractivity contribution in [2.24, 2.45) is 0 Å². The van der Waals surface area contributed by atoms with Gasteiger partial charge in [0.15, 0.2) is 0 Å². The van der Waals surface area contributed by atoms with Crippen LogP contribution in [0.15, 0.2) is 0 Å². The fourth-order valence-electron chi connectivity index (χ4n) is 0. The van der Waals surface area contributed by atoms with E-state index in [0.29, 0.717) is 0 Å². The lowest BCUT2D eigenvalue weighted by Crippen LogP contribution is -0.864. The molecule has 0 saturated carbocycles. The second-order valence-corrected chi connectivity index (χ2v) is 4.91. The van der Waals surface area contributed by atoms with Gasteiger partial charge in [-0.15, -0.1) is 8.93 Å². The molecule has 0 rings (SSSR count). The largest absolute Gasteiger partial charge is 0.106 e. The van der Waals surface area contributed by atoms with Gasteiger partial charge in [0.2, 0.25) is 0 Å². The molecule has 0 aromatic rings. The highest BCUT2D eigenvalue weighted by atomic mass is 32.4. The lowest BCUT2D eigenvalue weighted by atomic mass is 12.0. The van der Waals surface area contributed by atoms with Crippen LogP contribution in [-0.2, 0) is 0 Å². The summed E-state index contributed by atoms with van der Waals surface area (Å²) in [6.45, 7) is 0. The Morgan fingerprint density at radius 2 is 2.25 bits per heavy atom. The molecule has 0 radical (unpaired) electrons. The first-order valence-electron chi connectivity index (χ1n) is 0.829. The Bertz CT molecular complexity index is 17.2. The van der Waals surface area contributed by atoms with Gasteiger partial charge in [-0.2, -0.15) is 0 Å². The Kier molecular flexibility index (Phi) is 5.07. The Morgan fingerprint density at radius 1 is 2.00 bits per heavy atom. The average molecular weight is 110 g/mol. The van der Waals surface area contributed by atoms with Crippen molar-refractivity contribution in [2.75, 3.05) is 0 Å². The Morgan fingerprint density at radius 3 is 2.25 bits per heavy atom. The van der Waals surface area contributed by atoms with Gasteiger partial charge in [0, 0.05) is 0 Å². The minimum atomic E-state index is 0.918. The van der Waals surface area contributed by atoms with E-state index >= 15 is 0 Å². The molecule has 0 N–H and O–H groups in total. The van der Waals surface area contributed by atoms with Crippen LogP contribution in [0.2, 0.25) is 0 Å². The Balaban J connectivity index is 2.30. The predicted molar refractivity (Wildman–Crippen MR) is 32.1 cm³/mol. The molecular weight excluding hydrogens is 105 g/mol. The zero-order valence-corrected chi connectivity index (χ0v) is 5.28. The van der Waals surface area contributed by atoms with Crippen LogP contribution in [0.3, 0.4) is 0 Å². The van der Waals surface area contributed by atoms with Crippen molar-refractivity contribution in [1.82, 2.24) is 0 Å². The first kappa shape index (κ1) is 5.03. The van der Waals surface area contributed by atoms with E-state index in [0.717, 1.165) is 7.96 Å². The van der Waals surface area contributed by atoms with Gasteiger partial charge >= 0.3 is 0 Å². The van der Waals surface area contributed by atoms with Crippen LogP contribution in [0.25, 0.3) is 0 Å². The van der Waals surface area contributed by atoms with Crippen molar-refractivity contribution in [3.05, 3.63) is 0 Å². The van der Waals surface area contributed by atoms with Crippen LogP contribution >= 0.6 is 24.8 Å². The van der Waals surface area contributed by atoms with Crippen LogP contribution in [-0.4, -0.2) is 6.30 Å². The fourth-order valence-corrected chi connectivity index (χ4v) is 0.